The largest absolute Gasteiger partial charge is 0.309 e. The SMILES string of the molecule is C=CC(=NC1=C(c2ccccc2)C2(c3ccccc31)c1ccccc1-n1c3ccccc3c3cccc2c31)c1ccc(C)cc1. The van der Waals surface area contributed by atoms with Crippen molar-refractivity contribution in [2.24, 2.45) is 4.99 Å². The lowest BCUT2D eigenvalue weighted by atomic mass is 9.63. The molecule has 9 rings (SSSR count). The smallest absolute Gasteiger partial charge is 0.0776 e. The Kier molecular flexibility index (Phi) is 5.51. The number of hydrogen-bond donors (Lipinski definition) is 0. The molecule has 0 amide bonds. The van der Waals surface area contributed by atoms with Gasteiger partial charge in [0.15, 0.2) is 0 Å². The average molecular weight is 575 g/mol. The van der Waals surface area contributed by atoms with Gasteiger partial charge in [-0.2, -0.15) is 0 Å². The summed E-state index contributed by atoms with van der Waals surface area (Å²) in [5.74, 6) is 0. The van der Waals surface area contributed by atoms with Crippen molar-refractivity contribution in [1.82, 2.24) is 4.57 Å². The molecule has 0 saturated heterocycles. The van der Waals surface area contributed by atoms with Crippen molar-refractivity contribution in [2.45, 2.75) is 12.3 Å². The summed E-state index contributed by atoms with van der Waals surface area (Å²) in [6.07, 6.45) is 1.89. The van der Waals surface area contributed by atoms with Gasteiger partial charge < -0.3 is 4.57 Å². The first-order valence-electron chi connectivity index (χ1n) is 15.5. The fourth-order valence-corrected chi connectivity index (χ4v) is 7.87. The summed E-state index contributed by atoms with van der Waals surface area (Å²) in [6, 6.07) is 52.9. The van der Waals surface area contributed by atoms with Crippen LogP contribution in [-0.2, 0) is 5.41 Å². The molecule has 7 aromatic rings. The molecular weight excluding hydrogens is 544 g/mol. The predicted molar refractivity (Wildman–Crippen MR) is 188 cm³/mol. The highest BCUT2D eigenvalue weighted by Gasteiger charge is 2.52. The number of hydrogen-bond acceptors (Lipinski definition) is 1. The summed E-state index contributed by atoms with van der Waals surface area (Å²) in [6.45, 7) is 6.34. The van der Waals surface area contributed by atoms with Gasteiger partial charge in [0, 0.05) is 27.5 Å². The monoisotopic (exact) mass is 574 g/mol. The van der Waals surface area contributed by atoms with E-state index in [0.29, 0.717) is 0 Å². The van der Waals surface area contributed by atoms with Crippen LogP contribution in [0.15, 0.2) is 163 Å². The summed E-state index contributed by atoms with van der Waals surface area (Å²) >= 11 is 0. The molecule has 2 heteroatoms. The Morgan fingerprint density at radius 2 is 1.31 bits per heavy atom. The van der Waals surface area contributed by atoms with Gasteiger partial charge in [0.05, 0.1) is 33.5 Å². The number of fused-ring (bicyclic) bond motifs is 9. The van der Waals surface area contributed by atoms with Crippen LogP contribution >= 0.6 is 0 Å². The predicted octanol–water partition coefficient (Wildman–Crippen LogP) is 10.3. The van der Waals surface area contributed by atoms with Crippen LogP contribution in [0.25, 0.3) is 38.8 Å². The van der Waals surface area contributed by atoms with Gasteiger partial charge in [-0.1, -0.05) is 146 Å². The molecule has 1 atom stereocenters. The van der Waals surface area contributed by atoms with Gasteiger partial charge in [0.2, 0.25) is 0 Å². The zero-order valence-electron chi connectivity index (χ0n) is 25.0. The molecule has 212 valence electrons. The fourth-order valence-electron chi connectivity index (χ4n) is 7.87. The number of nitrogens with zero attached hydrogens (tertiary/aromatic N) is 2. The van der Waals surface area contributed by atoms with E-state index in [4.69, 9.17) is 4.99 Å². The molecule has 0 radical (unpaired) electrons. The number of benzene rings is 6. The molecule has 0 N–H and O–H groups in total. The lowest BCUT2D eigenvalue weighted by Crippen LogP contribution is -2.34. The van der Waals surface area contributed by atoms with Crippen LogP contribution in [0.2, 0.25) is 0 Å². The maximum atomic E-state index is 5.55. The quantitative estimate of drug-likeness (QED) is 0.186. The van der Waals surface area contributed by atoms with Crippen LogP contribution in [0.4, 0.5) is 0 Å². The van der Waals surface area contributed by atoms with E-state index >= 15 is 0 Å². The van der Waals surface area contributed by atoms with E-state index in [9.17, 15) is 0 Å². The number of aryl methyl sites for hydroxylation is 1. The van der Waals surface area contributed by atoms with E-state index in [1.807, 2.05) is 6.08 Å². The fraction of sp³-hybridized carbons (Fsp3) is 0.0465. The van der Waals surface area contributed by atoms with Gasteiger partial charge in [-0.15, -0.1) is 0 Å². The van der Waals surface area contributed by atoms with Crippen molar-refractivity contribution in [2.75, 3.05) is 0 Å². The highest BCUT2D eigenvalue weighted by molar-refractivity contribution is 6.18. The molecule has 1 aliphatic heterocycles. The Hall–Kier alpha value is -5.73. The van der Waals surface area contributed by atoms with Crippen LogP contribution in [0.3, 0.4) is 0 Å². The minimum Gasteiger partial charge on any atom is -0.309 e. The molecule has 2 nitrogen and oxygen atoms in total. The van der Waals surface area contributed by atoms with Crippen molar-refractivity contribution in [1.29, 1.82) is 0 Å². The third-order valence-corrected chi connectivity index (χ3v) is 9.68. The molecule has 0 saturated carbocycles. The minimum atomic E-state index is -0.586. The summed E-state index contributed by atoms with van der Waals surface area (Å²) < 4.78 is 2.48. The second-order valence-corrected chi connectivity index (χ2v) is 12.0. The van der Waals surface area contributed by atoms with Gasteiger partial charge in [-0.3, -0.25) is 0 Å². The van der Waals surface area contributed by atoms with E-state index in [1.54, 1.807) is 0 Å². The summed E-state index contributed by atoms with van der Waals surface area (Å²) in [5.41, 5.74) is 14.5. The first-order valence-corrected chi connectivity index (χ1v) is 15.5. The van der Waals surface area contributed by atoms with Crippen LogP contribution in [0.5, 0.6) is 0 Å². The van der Waals surface area contributed by atoms with Gasteiger partial charge >= 0.3 is 0 Å². The van der Waals surface area contributed by atoms with E-state index < -0.39 is 5.41 Å². The topological polar surface area (TPSA) is 17.3 Å². The van der Waals surface area contributed by atoms with Crippen molar-refractivity contribution in [3.63, 3.8) is 0 Å². The lowest BCUT2D eigenvalue weighted by molar-refractivity contribution is 0.789. The van der Waals surface area contributed by atoms with E-state index in [2.05, 4.69) is 164 Å². The molecule has 2 heterocycles. The highest BCUT2D eigenvalue weighted by atomic mass is 15.0. The number of aliphatic imine (C=N–C) groups is 1. The molecule has 0 fully saturated rings. The van der Waals surface area contributed by atoms with Crippen molar-refractivity contribution in [3.8, 4) is 5.69 Å². The summed E-state index contributed by atoms with van der Waals surface area (Å²) in [4.78, 5) is 5.55. The van der Waals surface area contributed by atoms with Crippen LogP contribution in [-0.4, -0.2) is 10.3 Å². The number of allylic oxidation sites excluding steroid dienone is 2. The van der Waals surface area contributed by atoms with Crippen LogP contribution < -0.4 is 0 Å². The Labute approximate surface area is 263 Å². The van der Waals surface area contributed by atoms with Gasteiger partial charge in [0.25, 0.3) is 0 Å². The third kappa shape index (κ3) is 3.42. The minimum absolute atomic E-state index is 0.586. The first-order chi connectivity index (χ1) is 22.2. The summed E-state index contributed by atoms with van der Waals surface area (Å²) in [7, 11) is 0. The normalized spacial score (nSPS) is 16.8. The Balaban J connectivity index is 1.50. The van der Waals surface area contributed by atoms with Crippen LogP contribution in [0.1, 0.15) is 38.9 Å². The van der Waals surface area contributed by atoms with Crippen LogP contribution in [0, 0.1) is 6.92 Å². The zero-order valence-corrected chi connectivity index (χ0v) is 25.0. The van der Waals surface area contributed by atoms with E-state index in [0.717, 1.165) is 28.1 Å². The van der Waals surface area contributed by atoms with E-state index in [1.165, 1.54) is 55.3 Å². The van der Waals surface area contributed by atoms with E-state index in [-0.39, 0.29) is 0 Å². The Morgan fingerprint density at radius 3 is 2.13 bits per heavy atom. The Bertz CT molecular complexity index is 2390. The maximum Gasteiger partial charge on any atom is 0.0776 e. The molecule has 45 heavy (non-hydrogen) atoms. The van der Waals surface area contributed by atoms with Crippen molar-refractivity contribution in [3.05, 3.63) is 197 Å². The molecule has 1 aromatic heterocycles. The van der Waals surface area contributed by atoms with Gasteiger partial charge in [-0.05, 0) is 47.4 Å². The number of rotatable bonds is 4. The van der Waals surface area contributed by atoms with Gasteiger partial charge in [0.1, 0.15) is 0 Å². The zero-order chi connectivity index (χ0) is 30.1. The second-order valence-electron chi connectivity index (χ2n) is 12.0. The standard InChI is InChI=1S/C43H30N2/c1-3-37(29-26-24-28(2)25-27-29)44-41-33-17-7-9-19-34(33)43(40(41)30-14-5-4-6-15-30)35-20-10-12-23-39(35)45-38-22-11-8-16-31(38)32-18-13-21-36(43)42(32)45/h3-27H,1H2,2H3. The second kappa shape index (κ2) is 9.64. The molecular formula is C43H30N2. The van der Waals surface area contributed by atoms with Crippen molar-refractivity contribution >= 4 is 38.8 Å². The van der Waals surface area contributed by atoms with Gasteiger partial charge in [-0.25, -0.2) is 4.99 Å². The summed E-state index contributed by atoms with van der Waals surface area (Å²) in [5, 5.41) is 2.54. The number of aromatic nitrogens is 1. The van der Waals surface area contributed by atoms with Crippen molar-refractivity contribution < 1.29 is 0 Å². The molecule has 1 aliphatic carbocycles. The first kappa shape index (κ1) is 25.7. The third-order valence-electron chi connectivity index (χ3n) is 9.68. The molecule has 1 spiro atoms. The maximum absolute atomic E-state index is 5.55. The lowest BCUT2D eigenvalue weighted by Gasteiger charge is -2.41. The molecule has 0 bridgehead atoms. The number of para-hydroxylation sites is 3. The average Bonchev–Trinajstić information content (AvgIpc) is 3.58. The molecule has 6 aromatic carbocycles. The molecule has 2 aliphatic rings. The highest BCUT2D eigenvalue weighted by Crippen LogP contribution is 2.62. The molecule has 1 unspecified atom stereocenters. The Morgan fingerprint density at radius 1 is 0.644 bits per heavy atom.